The van der Waals surface area contributed by atoms with Gasteiger partial charge in [0.15, 0.2) is 0 Å². The van der Waals surface area contributed by atoms with Gasteiger partial charge in [-0.15, -0.1) is 0 Å². The molecule has 0 radical (unpaired) electrons. The maximum atomic E-state index is 11.5. The lowest BCUT2D eigenvalue weighted by atomic mass is 10.3. The predicted molar refractivity (Wildman–Crippen MR) is 62.9 cm³/mol. The average Bonchev–Trinajstić information content (AvgIpc) is 2.64. The van der Waals surface area contributed by atoms with Crippen molar-refractivity contribution in [2.24, 2.45) is 0 Å². The Morgan fingerprint density at radius 3 is 2.82 bits per heavy atom. The van der Waals surface area contributed by atoms with Gasteiger partial charge >= 0.3 is 0 Å². The first-order chi connectivity index (χ1) is 8.02. The molecule has 0 aliphatic heterocycles. The van der Waals surface area contributed by atoms with Crippen LogP contribution in [0.5, 0.6) is 0 Å². The van der Waals surface area contributed by atoms with Crippen molar-refractivity contribution >= 4 is 17.5 Å². The maximum Gasteiger partial charge on any atom is 0.242 e. The van der Waals surface area contributed by atoms with Crippen LogP contribution in [0.25, 0.3) is 0 Å². The summed E-state index contributed by atoms with van der Waals surface area (Å²) in [6.45, 7) is 4.02. The van der Waals surface area contributed by atoms with E-state index >= 15 is 0 Å². The summed E-state index contributed by atoms with van der Waals surface area (Å²) < 4.78 is 1.41. The van der Waals surface area contributed by atoms with Gasteiger partial charge < -0.3 is 16.4 Å². The standard InChI is InChI=1S/C10H17N5O2/c1-3-12-10(17)7(2)14-9(16)6-15-5-8(11)4-13-15/h4-5,7H,3,6,11H2,1-2H3,(H,12,17)(H,14,16). The molecule has 1 unspecified atom stereocenters. The molecule has 1 aromatic rings. The zero-order valence-corrected chi connectivity index (χ0v) is 9.93. The minimum atomic E-state index is -0.560. The number of amides is 2. The topological polar surface area (TPSA) is 102 Å². The second kappa shape index (κ2) is 5.88. The SMILES string of the molecule is CCNC(=O)C(C)NC(=O)Cn1cc(N)cn1. The molecule has 94 valence electrons. The summed E-state index contributed by atoms with van der Waals surface area (Å²) in [6.07, 6.45) is 3.01. The number of nitrogens with two attached hydrogens (primary N) is 1. The van der Waals surface area contributed by atoms with Crippen LogP contribution in [-0.2, 0) is 16.1 Å². The average molecular weight is 239 g/mol. The van der Waals surface area contributed by atoms with Crippen LogP contribution in [0.15, 0.2) is 12.4 Å². The number of anilines is 1. The molecule has 7 heteroatoms. The smallest absolute Gasteiger partial charge is 0.242 e. The van der Waals surface area contributed by atoms with E-state index in [0.29, 0.717) is 12.2 Å². The third-order valence-electron chi connectivity index (χ3n) is 2.08. The van der Waals surface area contributed by atoms with Gasteiger partial charge in [0.1, 0.15) is 12.6 Å². The number of nitrogen functional groups attached to an aromatic ring is 1. The van der Waals surface area contributed by atoms with Gasteiger partial charge in [0, 0.05) is 12.7 Å². The lowest BCUT2D eigenvalue weighted by molar-refractivity contribution is -0.128. The number of carbonyl (C=O) groups excluding carboxylic acids is 2. The first-order valence-electron chi connectivity index (χ1n) is 5.38. The number of likely N-dealkylation sites (N-methyl/N-ethyl adjacent to an activating group) is 1. The fourth-order valence-corrected chi connectivity index (χ4v) is 1.29. The normalized spacial score (nSPS) is 11.9. The first-order valence-corrected chi connectivity index (χ1v) is 5.38. The Morgan fingerprint density at radius 1 is 1.59 bits per heavy atom. The number of rotatable bonds is 5. The Hall–Kier alpha value is -2.05. The van der Waals surface area contributed by atoms with Crippen molar-refractivity contribution in [1.82, 2.24) is 20.4 Å². The van der Waals surface area contributed by atoms with Crippen LogP contribution < -0.4 is 16.4 Å². The number of nitrogens with one attached hydrogen (secondary N) is 2. The largest absolute Gasteiger partial charge is 0.396 e. The third-order valence-corrected chi connectivity index (χ3v) is 2.08. The summed E-state index contributed by atoms with van der Waals surface area (Å²) in [4.78, 5) is 22.9. The van der Waals surface area contributed by atoms with Crippen molar-refractivity contribution < 1.29 is 9.59 Å². The van der Waals surface area contributed by atoms with E-state index in [-0.39, 0.29) is 18.4 Å². The van der Waals surface area contributed by atoms with Crippen molar-refractivity contribution in [3.8, 4) is 0 Å². The van der Waals surface area contributed by atoms with Gasteiger partial charge in [0.05, 0.1) is 11.9 Å². The monoisotopic (exact) mass is 239 g/mol. The van der Waals surface area contributed by atoms with Gasteiger partial charge in [-0.05, 0) is 13.8 Å². The van der Waals surface area contributed by atoms with Gasteiger partial charge in [-0.2, -0.15) is 5.10 Å². The molecule has 1 heterocycles. The summed E-state index contributed by atoms with van der Waals surface area (Å²) >= 11 is 0. The molecule has 0 saturated heterocycles. The highest BCUT2D eigenvalue weighted by Gasteiger charge is 2.14. The van der Waals surface area contributed by atoms with E-state index < -0.39 is 6.04 Å². The van der Waals surface area contributed by atoms with Crippen LogP contribution in [-0.4, -0.2) is 34.2 Å². The van der Waals surface area contributed by atoms with Crippen molar-refractivity contribution in [2.45, 2.75) is 26.4 Å². The van der Waals surface area contributed by atoms with Gasteiger partial charge in [-0.25, -0.2) is 0 Å². The third kappa shape index (κ3) is 4.13. The molecule has 0 aliphatic carbocycles. The highest BCUT2D eigenvalue weighted by molar-refractivity contribution is 5.87. The van der Waals surface area contributed by atoms with E-state index in [1.165, 1.54) is 10.9 Å². The van der Waals surface area contributed by atoms with Crippen molar-refractivity contribution in [1.29, 1.82) is 0 Å². The van der Waals surface area contributed by atoms with E-state index in [0.717, 1.165) is 0 Å². The summed E-state index contributed by atoms with van der Waals surface area (Å²) in [6, 6.07) is -0.560. The fraction of sp³-hybridized carbons (Fsp3) is 0.500. The minimum Gasteiger partial charge on any atom is -0.396 e. The highest BCUT2D eigenvalue weighted by atomic mass is 16.2. The van der Waals surface area contributed by atoms with E-state index in [1.807, 2.05) is 6.92 Å². The maximum absolute atomic E-state index is 11.5. The molecule has 0 spiro atoms. The van der Waals surface area contributed by atoms with Gasteiger partial charge in [-0.3, -0.25) is 14.3 Å². The lowest BCUT2D eigenvalue weighted by Crippen LogP contribution is -2.45. The zero-order chi connectivity index (χ0) is 12.8. The van der Waals surface area contributed by atoms with Crippen LogP contribution in [0.4, 0.5) is 5.69 Å². The lowest BCUT2D eigenvalue weighted by Gasteiger charge is -2.13. The van der Waals surface area contributed by atoms with Crippen LogP contribution in [0, 0.1) is 0 Å². The van der Waals surface area contributed by atoms with Crippen LogP contribution in [0.3, 0.4) is 0 Å². The first kappa shape index (κ1) is 13.0. The van der Waals surface area contributed by atoms with Crippen LogP contribution >= 0.6 is 0 Å². The molecular weight excluding hydrogens is 222 g/mol. The van der Waals surface area contributed by atoms with E-state index in [1.54, 1.807) is 13.1 Å². The summed E-state index contributed by atoms with van der Waals surface area (Å²) in [5, 5.41) is 9.07. The van der Waals surface area contributed by atoms with Crippen LogP contribution in [0.1, 0.15) is 13.8 Å². The predicted octanol–water partition coefficient (Wildman–Crippen LogP) is -0.894. The summed E-state index contributed by atoms with van der Waals surface area (Å²) in [7, 11) is 0. The molecule has 17 heavy (non-hydrogen) atoms. The quantitative estimate of drug-likeness (QED) is 0.620. The summed E-state index contributed by atoms with van der Waals surface area (Å²) in [5.74, 6) is -0.493. The van der Waals surface area contributed by atoms with E-state index in [2.05, 4.69) is 15.7 Å². The van der Waals surface area contributed by atoms with E-state index in [9.17, 15) is 9.59 Å². The molecule has 1 rings (SSSR count). The number of carbonyl (C=O) groups is 2. The number of hydrogen-bond acceptors (Lipinski definition) is 4. The molecular formula is C10H17N5O2. The second-order valence-corrected chi connectivity index (χ2v) is 3.66. The Kier molecular flexibility index (Phi) is 4.50. The van der Waals surface area contributed by atoms with Gasteiger partial charge in [0.2, 0.25) is 11.8 Å². The van der Waals surface area contributed by atoms with Gasteiger partial charge in [-0.1, -0.05) is 0 Å². The van der Waals surface area contributed by atoms with Crippen molar-refractivity contribution in [2.75, 3.05) is 12.3 Å². The number of hydrogen-bond donors (Lipinski definition) is 3. The molecule has 4 N–H and O–H groups in total. The molecule has 1 aromatic heterocycles. The Bertz CT molecular complexity index is 401. The Morgan fingerprint density at radius 2 is 2.29 bits per heavy atom. The van der Waals surface area contributed by atoms with Crippen molar-refractivity contribution in [3.63, 3.8) is 0 Å². The Labute approximate surface area is 99.4 Å². The minimum absolute atomic E-state index is 0.0426. The number of aromatic nitrogens is 2. The second-order valence-electron chi connectivity index (χ2n) is 3.66. The highest BCUT2D eigenvalue weighted by Crippen LogP contribution is 1.97. The molecule has 0 aliphatic rings. The Balaban J connectivity index is 2.41. The zero-order valence-electron chi connectivity index (χ0n) is 9.93. The van der Waals surface area contributed by atoms with Gasteiger partial charge in [0.25, 0.3) is 0 Å². The van der Waals surface area contributed by atoms with E-state index in [4.69, 9.17) is 5.73 Å². The van der Waals surface area contributed by atoms with Crippen LogP contribution in [0.2, 0.25) is 0 Å². The molecule has 2 amide bonds. The molecule has 0 aromatic carbocycles. The summed E-state index contributed by atoms with van der Waals surface area (Å²) in [5.41, 5.74) is 5.96. The molecule has 0 bridgehead atoms. The molecule has 1 atom stereocenters. The fourth-order valence-electron chi connectivity index (χ4n) is 1.29. The molecule has 0 fully saturated rings. The van der Waals surface area contributed by atoms with Crippen molar-refractivity contribution in [3.05, 3.63) is 12.4 Å². The molecule has 0 saturated carbocycles. The number of nitrogens with zero attached hydrogens (tertiary/aromatic N) is 2. The molecule has 7 nitrogen and oxygen atoms in total.